The van der Waals surface area contributed by atoms with Crippen LogP contribution in [0.4, 0.5) is 4.79 Å². The van der Waals surface area contributed by atoms with Crippen molar-refractivity contribution >= 4 is 6.09 Å². The van der Waals surface area contributed by atoms with E-state index in [0.717, 1.165) is 12.2 Å². The molecule has 18 heavy (non-hydrogen) atoms. The predicted octanol–water partition coefficient (Wildman–Crippen LogP) is 2.39. The van der Waals surface area contributed by atoms with Crippen molar-refractivity contribution in [2.45, 2.75) is 25.4 Å². The number of ether oxygens (including phenoxy) is 2. The Bertz CT molecular complexity index is 460. The number of nitrogens with zero attached hydrogens (tertiary/aromatic N) is 1. The lowest BCUT2D eigenvalue weighted by atomic mass is 9.90. The first-order valence-corrected chi connectivity index (χ1v) is 6.47. The van der Waals surface area contributed by atoms with Crippen LogP contribution in [-0.2, 0) is 4.74 Å². The van der Waals surface area contributed by atoms with E-state index in [1.807, 2.05) is 25.1 Å². The lowest BCUT2D eigenvalue weighted by molar-refractivity contribution is 0.0700. The van der Waals surface area contributed by atoms with E-state index in [9.17, 15) is 4.79 Å². The van der Waals surface area contributed by atoms with E-state index in [4.69, 9.17) is 9.47 Å². The molecule has 4 nitrogen and oxygen atoms in total. The number of carbonyl (C=O) groups excluding carboxylic acids is 1. The number of para-hydroxylation sites is 1. The summed E-state index contributed by atoms with van der Waals surface area (Å²) in [6, 6.07) is 8.10. The summed E-state index contributed by atoms with van der Waals surface area (Å²) in [5.41, 5.74) is 1.22. The molecular formula is C14H17NO3. The van der Waals surface area contributed by atoms with E-state index in [2.05, 4.69) is 6.07 Å². The molecule has 0 radical (unpaired) electrons. The maximum absolute atomic E-state index is 11.8. The molecule has 1 amide bonds. The van der Waals surface area contributed by atoms with Gasteiger partial charge < -0.3 is 14.4 Å². The summed E-state index contributed by atoms with van der Waals surface area (Å²) in [5.74, 6) is 1.26. The SMILES string of the molecule is CCOC(=O)N1CC[C@H]2Oc3ccccc3[C@H]2C1. The Hall–Kier alpha value is -1.71. The van der Waals surface area contributed by atoms with Crippen LogP contribution in [0.25, 0.3) is 0 Å². The molecule has 0 unspecified atom stereocenters. The van der Waals surface area contributed by atoms with Crippen molar-refractivity contribution in [2.75, 3.05) is 19.7 Å². The fraction of sp³-hybridized carbons (Fsp3) is 0.500. The monoisotopic (exact) mass is 247 g/mol. The number of likely N-dealkylation sites (tertiary alicyclic amines) is 1. The molecule has 2 aliphatic rings. The second-order valence-corrected chi connectivity index (χ2v) is 4.73. The van der Waals surface area contributed by atoms with Gasteiger partial charge in [-0.2, -0.15) is 0 Å². The number of hydrogen-bond acceptors (Lipinski definition) is 3. The Morgan fingerprint density at radius 2 is 2.33 bits per heavy atom. The van der Waals surface area contributed by atoms with Crippen LogP contribution < -0.4 is 4.74 Å². The number of piperidine rings is 1. The molecule has 0 N–H and O–H groups in total. The van der Waals surface area contributed by atoms with Crippen LogP contribution in [-0.4, -0.2) is 36.8 Å². The van der Waals surface area contributed by atoms with Gasteiger partial charge in [-0.25, -0.2) is 4.79 Å². The summed E-state index contributed by atoms with van der Waals surface area (Å²) in [5, 5.41) is 0. The van der Waals surface area contributed by atoms with Crippen LogP contribution in [0.15, 0.2) is 24.3 Å². The quantitative estimate of drug-likeness (QED) is 0.765. The molecule has 1 saturated heterocycles. The minimum absolute atomic E-state index is 0.208. The molecule has 2 heterocycles. The fourth-order valence-corrected chi connectivity index (χ4v) is 2.81. The normalized spacial score (nSPS) is 25.1. The minimum atomic E-state index is -0.208. The molecule has 96 valence electrons. The van der Waals surface area contributed by atoms with E-state index < -0.39 is 0 Å². The highest BCUT2D eigenvalue weighted by Gasteiger charge is 2.40. The van der Waals surface area contributed by atoms with Crippen molar-refractivity contribution in [1.29, 1.82) is 0 Å². The van der Waals surface area contributed by atoms with E-state index in [1.54, 1.807) is 4.90 Å². The Morgan fingerprint density at radius 3 is 3.17 bits per heavy atom. The number of carbonyl (C=O) groups is 1. The molecule has 1 aromatic rings. The highest BCUT2D eigenvalue weighted by Crippen LogP contribution is 2.41. The third-order valence-corrected chi connectivity index (χ3v) is 3.67. The van der Waals surface area contributed by atoms with E-state index in [-0.39, 0.29) is 12.2 Å². The first-order valence-electron chi connectivity index (χ1n) is 6.47. The molecule has 0 saturated carbocycles. The number of rotatable bonds is 1. The van der Waals surface area contributed by atoms with Gasteiger partial charge in [-0.1, -0.05) is 18.2 Å². The molecule has 0 spiro atoms. The van der Waals surface area contributed by atoms with Crippen LogP contribution in [0.1, 0.15) is 24.8 Å². The molecule has 4 heteroatoms. The second-order valence-electron chi connectivity index (χ2n) is 4.73. The molecule has 2 aliphatic heterocycles. The molecule has 0 aliphatic carbocycles. The van der Waals surface area contributed by atoms with Gasteiger partial charge >= 0.3 is 6.09 Å². The Kier molecular flexibility index (Phi) is 2.86. The predicted molar refractivity (Wildman–Crippen MR) is 66.8 cm³/mol. The van der Waals surface area contributed by atoms with Crippen molar-refractivity contribution in [3.8, 4) is 5.75 Å². The molecule has 3 rings (SSSR count). The largest absolute Gasteiger partial charge is 0.489 e. The molecule has 1 fully saturated rings. The third-order valence-electron chi connectivity index (χ3n) is 3.67. The minimum Gasteiger partial charge on any atom is -0.489 e. The average Bonchev–Trinajstić information content (AvgIpc) is 2.76. The number of benzene rings is 1. The molecule has 2 atom stereocenters. The Balaban J connectivity index is 1.77. The zero-order valence-corrected chi connectivity index (χ0v) is 10.5. The lowest BCUT2D eigenvalue weighted by Gasteiger charge is -2.33. The number of fused-ring (bicyclic) bond motifs is 3. The summed E-state index contributed by atoms with van der Waals surface area (Å²) < 4.78 is 11.0. The van der Waals surface area contributed by atoms with Crippen LogP contribution in [0.5, 0.6) is 5.75 Å². The average molecular weight is 247 g/mol. The first-order chi connectivity index (χ1) is 8.79. The summed E-state index contributed by atoms with van der Waals surface area (Å²) in [4.78, 5) is 13.5. The zero-order valence-electron chi connectivity index (χ0n) is 10.5. The Labute approximate surface area is 106 Å². The smallest absolute Gasteiger partial charge is 0.409 e. The lowest BCUT2D eigenvalue weighted by Crippen LogP contribution is -2.44. The van der Waals surface area contributed by atoms with Gasteiger partial charge in [0.2, 0.25) is 0 Å². The third kappa shape index (κ3) is 1.82. The molecule has 1 aromatic carbocycles. The van der Waals surface area contributed by atoms with Gasteiger partial charge in [-0.15, -0.1) is 0 Å². The summed E-state index contributed by atoms with van der Waals surface area (Å²) in [6.07, 6.45) is 0.881. The second kappa shape index (κ2) is 4.52. The molecule has 0 bridgehead atoms. The van der Waals surface area contributed by atoms with Crippen molar-refractivity contribution < 1.29 is 14.3 Å². The maximum Gasteiger partial charge on any atom is 0.409 e. The Morgan fingerprint density at radius 1 is 1.50 bits per heavy atom. The highest BCUT2D eigenvalue weighted by atomic mass is 16.6. The molecular weight excluding hydrogens is 230 g/mol. The van der Waals surface area contributed by atoms with Crippen molar-refractivity contribution in [3.63, 3.8) is 0 Å². The topological polar surface area (TPSA) is 38.8 Å². The van der Waals surface area contributed by atoms with Gasteiger partial charge in [-0.05, 0) is 13.0 Å². The zero-order chi connectivity index (χ0) is 12.5. The molecule has 0 aromatic heterocycles. The van der Waals surface area contributed by atoms with Gasteiger partial charge in [0.25, 0.3) is 0 Å². The van der Waals surface area contributed by atoms with Crippen LogP contribution >= 0.6 is 0 Å². The van der Waals surface area contributed by atoms with Crippen molar-refractivity contribution in [2.24, 2.45) is 0 Å². The van der Waals surface area contributed by atoms with E-state index >= 15 is 0 Å². The van der Waals surface area contributed by atoms with Gasteiger partial charge in [0, 0.05) is 31.0 Å². The summed E-state index contributed by atoms with van der Waals surface area (Å²) in [7, 11) is 0. The van der Waals surface area contributed by atoms with Gasteiger partial charge in [0.15, 0.2) is 0 Å². The van der Waals surface area contributed by atoms with Crippen LogP contribution in [0.2, 0.25) is 0 Å². The number of amides is 1. The van der Waals surface area contributed by atoms with Gasteiger partial charge in [-0.3, -0.25) is 0 Å². The van der Waals surface area contributed by atoms with Gasteiger partial charge in [0.1, 0.15) is 11.9 Å². The highest BCUT2D eigenvalue weighted by molar-refractivity contribution is 5.68. The standard InChI is InChI=1S/C14H17NO3/c1-2-17-14(16)15-8-7-13-11(9-15)10-5-3-4-6-12(10)18-13/h3-6,11,13H,2,7-9H2,1H3/t11-,13-/m1/s1. The summed E-state index contributed by atoms with van der Waals surface area (Å²) in [6.45, 7) is 3.67. The van der Waals surface area contributed by atoms with E-state index in [1.165, 1.54) is 5.56 Å². The van der Waals surface area contributed by atoms with Gasteiger partial charge in [0.05, 0.1) is 6.61 Å². The van der Waals surface area contributed by atoms with E-state index in [0.29, 0.717) is 25.6 Å². The van der Waals surface area contributed by atoms with Crippen molar-refractivity contribution in [3.05, 3.63) is 29.8 Å². The maximum atomic E-state index is 11.8. The summed E-state index contributed by atoms with van der Waals surface area (Å²) >= 11 is 0. The van der Waals surface area contributed by atoms with Crippen molar-refractivity contribution in [1.82, 2.24) is 4.90 Å². The first kappa shape index (κ1) is 11.4. The van der Waals surface area contributed by atoms with Crippen LogP contribution in [0.3, 0.4) is 0 Å². The fourth-order valence-electron chi connectivity index (χ4n) is 2.81. The van der Waals surface area contributed by atoms with Crippen LogP contribution in [0, 0.1) is 0 Å². The number of hydrogen-bond donors (Lipinski definition) is 0.